The van der Waals surface area contributed by atoms with Crippen LogP contribution < -0.4 is 10.1 Å². The first kappa shape index (κ1) is 20.9. The maximum absolute atomic E-state index is 6.09. The molecule has 0 radical (unpaired) electrons. The Morgan fingerprint density at radius 1 is 1.29 bits per heavy atom. The fraction of sp³-hybridized carbons (Fsp3) is 0.682. The Morgan fingerprint density at radius 3 is 2.82 bits per heavy atom. The van der Waals surface area contributed by atoms with Gasteiger partial charge in [0.1, 0.15) is 12.4 Å². The Kier molecular flexibility index (Phi) is 7.57. The third-order valence-corrected chi connectivity index (χ3v) is 6.10. The van der Waals surface area contributed by atoms with Crippen LogP contribution in [0.15, 0.2) is 29.3 Å². The molecule has 6 nitrogen and oxygen atoms in total. The molecule has 2 aliphatic heterocycles. The molecule has 156 valence electrons. The normalized spacial score (nSPS) is 22.4. The highest BCUT2D eigenvalue weighted by molar-refractivity contribution is 5.80. The molecular formula is C22H36N4O2. The first-order chi connectivity index (χ1) is 13.7. The van der Waals surface area contributed by atoms with Crippen LogP contribution in [0.2, 0.25) is 0 Å². The Bertz CT molecular complexity index is 639. The molecule has 0 aromatic heterocycles. The lowest BCUT2D eigenvalue weighted by atomic mass is 9.87. The second-order valence-corrected chi connectivity index (χ2v) is 7.86. The Labute approximate surface area is 169 Å². The van der Waals surface area contributed by atoms with Crippen molar-refractivity contribution in [2.75, 3.05) is 59.6 Å². The van der Waals surface area contributed by atoms with Crippen LogP contribution in [-0.2, 0) is 11.3 Å². The van der Waals surface area contributed by atoms with E-state index >= 15 is 0 Å². The van der Waals surface area contributed by atoms with Crippen LogP contribution in [0.3, 0.4) is 0 Å². The summed E-state index contributed by atoms with van der Waals surface area (Å²) in [7, 11) is 1.87. The van der Waals surface area contributed by atoms with Crippen molar-refractivity contribution in [3.8, 4) is 5.75 Å². The zero-order valence-corrected chi connectivity index (χ0v) is 17.7. The fourth-order valence-corrected chi connectivity index (χ4v) is 4.21. The van der Waals surface area contributed by atoms with Crippen molar-refractivity contribution in [2.45, 2.75) is 33.2 Å². The number of nitrogens with zero attached hydrogens (tertiary/aromatic N) is 3. The lowest BCUT2D eigenvalue weighted by Crippen LogP contribution is -2.41. The van der Waals surface area contributed by atoms with Gasteiger partial charge in [-0.25, -0.2) is 0 Å². The largest absolute Gasteiger partial charge is 0.492 e. The van der Waals surface area contributed by atoms with Gasteiger partial charge in [0, 0.05) is 50.8 Å². The molecule has 1 aromatic carbocycles. The lowest BCUT2D eigenvalue weighted by molar-refractivity contribution is 0.156. The van der Waals surface area contributed by atoms with E-state index in [0.29, 0.717) is 18.6 Å². The highest BCUT2D eigenvalue weighted by Crippen LogP contribution is 2.38. The molecule has 1 N–H and O–H groups in total. The van der Waals surface area contributed by atoms with Crippen molar-refractivity contribution in [3.63, 3.8) is 0 Å². The summed E-state index contributed by atoms with van der Waals surface area (Å²) < 4.78 is 11.7. The van der Waals surface area contributed by atoms with Crippen LogP contribution in [0.5, 0.6) is 5.75 Å². The number of rotatable bonds is 8. The molecule has 2 saturated heterocycles. The molecule has 2 heterocycles. The van der Waals surface area contributed by atoms with E-state index in [1.807, 2.05) is 13.1 Å². The first-order valence-corrected chi connectivity index (χ1v) is 10.7. The number of hydrogen-bond donors (Lipinski definition) is 1. The number of ether oxygens (including phenoxy) is 2. The van der Waals surface area contributed by atoms with Crippen LogP contribution in [0.4, 0.5) is 0 Å². The Balaban J connectivity index is 1.53. The van der Waals surface area contributed by atoms with Gasteiger partial charge in [-0.3, -0.25) is 4.99 Å². The average molecular weight is 389 g/mol. The van der Waals surface area contributed by atoms with Gasteiger partial charge in [0.15, 0.2) is 5.96 Å². The zero-order chi connectivity index (χ0) is 19.8. The standard InChI is InChI=1S/C22H36N4O2/c1-4-25(5-2)13-15-28-20-9-7-6-8-19(20)16-24-21(23-3)26-12-10-22(17-26)11-14-27-18-22/h6-9H,4-5,10-18H2,1-3H3,(H,23,24). The average Bonchev–Trinajstić information content (AvgIpc) is 3.37. The van der Waals surface area contributed by atoms with Gasteiger partial charge in [-0.2, -0.15) is 0 Å². The van der Waals surface area contributed by atoms with Crippen molar-refractivity contribution in [2.24, 2.45) is 10.4 Å². The number of likely N-dealkylation sites (tertiary alicyclic amines) is 1. The molecule has 6 heteroatoms. The lowest BCUT2D eigenvalue weighted by Gasteiger charge is -2.25. The quantitative estimate of drug-likeness (QED) is 0.548. The number of nitrogens with one attached hydrogen (secondary N) is 1. The Hall–Kier alpha value is -1.79. The minimum atomic E-state index is 0.336. The van der Waals surface area contributed by atoms with Crippen molar-refractivity contribution in [1.29, 1.82) is 0 Å². The van der Waals surface area contributed by atoms with Crippen molar-refractivity contribution >= 4 is 5.96 Å². The van der Waals surface area contributed by atoms with E-state index in [2.05, 4.69) is 52.2 Å². The summed E-state index contributed by atoms with van der Waals surface area (Å²) in [6, 6.07) is 8.29. The highest BCUT2D eigenvalue weighted by atomic mass is 16.5. The van der Waals surface area contributed by atoms with Gasteiger partial charge in [-0.1, -0.05) is 32.0 Å². The van der Waals surface area contributed by atoms with Crippen LogP contribution >= 0.6 is 0 Å². The minimum absolute atomic E-state index is 0.336. The van der Waals surface area contributed by atoms with E-state index < -0.39 is 0 Å². The number of guanidine groups is 1. The predicted molar refractivity (Wildman–Crippen MR) is 114 cm³/mol. The van der Waals surface area contributed by atoms with Crippen LogP contribution in [0.1, 0.15) is 32.3 Å². The number of para-hydroxylation sites is 1. The van der Waals surface area contributed by atoms with Crippen LogP contribution in [0.25, 0.3) is 0 Å². The second-order valence-electron chi connectivity index (χ2n) is 7.86. The monoisotopic (exact) mass is 388 g/mol. The van der Waals surface area contributed by atoms with E-state index in [9.17, 15) is 0 Å². The summed E-state index contributed by atoms with van der Waals surface area (Å²) in [5, 5.41) is 3.54. The minimum Gasteiger partial charge on any atom is -0.492 e. The maximum Gasteiger partial charge on any atom is 0.193 e. The molecule has 1 atom stereocenters. The van der Waals surface area contributed by atoms with E-state index in [1.54, 1.807) is 0 Å². The molecule has 0 aliphatic carbocycles. The molecule has 0 amide bonds. The van der Waals surface area contributed by atoms with Gasteiger partial charge >= 0.3 is 0 Å². The number of hydrogen-bond acceptors (Lipinski definition) is 4. The van der Waals surface area contributed by atoms with E-state index in [-0.39, 0.29) is 0 Å². The number of benzene rings is 1. The van der Waals surface area contributed by atoms with Crippen LogP contribution in [0, 0.1) is 5.41 Å². The van der Waals surface area contributed by atoms with Crippen molar-refractivity contribution < 1.29 is 9.47 Å². The smallest absolute Gasteiger partial charge is 0.193 e. The third-order valence-electron chi connectivity index (χ3n) is 6.10. The van der Waals surface area contributed by atoms with Gasteiger partial charge in [0.05, 0.1) is 6.61 Å². The molecule has 1 spiro atoms. The predicted octanol–water partition coefficient (Wildman–Crippen LogP) is 2.60. The zero-order valence-electron chi connectivity index (χ0n) is 17.7. The molecular weight excluding hydrogens is 352 g/mol. The van der Waals surface area contributed by atoms with Crippen molar-refractivity contribution in [3.05, 3.63) is 29.8 Å². The summed E-state index contributed by atoms with van der Waals surface area (Å²) in [5.41, 5.74) is 1.50. The van der Waals surface area contributed by atoms with Gasteiger partial charge in [0.25, 0.3) is 0 Å². The second kappa shape index (κ2) is 10.1. The maximum atomic E-state index is 6.09. The van der Waals surface area contributed by atoms with Gasteiger partial charge in [0.2, 0.25) is 0 Å². The molecule has 3 rings (SSSR count). The van der Waals surface area contributed by atoms with E-state index in [4.69, 9.17) is 9.47 Å². The van der Waals surface area contributed by atoms with Gasteiger partial charge in [-0.15, -0.1) is 0 Å². The van der Waals surface area contributed by atoms with Crippen LogP contribution in [-0.4, -0.2) is 75.4 Å². The molecule has 28 heavy (non-hydrogen) atoms. The van der Waals surface area contributed by atoms with Gasteiger partial charge in [-0.05, 0) is 32.0 Å². The molecule has 0 bridgehead atoms. The van der Waals surface area contributed by atoms with E-state index in [1.165, 1.54) is 18.4 Å². The summed E-state index contributed by atoms with van der Waals surface area (Å²) >= 11 is 0. The Morgan fingerprint density at radius 2 is 2.11 bits per heavy atom. The highest BCUT2D eigenvalue weighted by Gasteiger charge is 2.42. The summed E-state index contributed by atoms with van der Waals surface area (Å²) in [5.74, 6) is 1.93. The number of likely N-dealkylation sites (N-methyl/N-ethyl adjacent to an activating group) is 1. The molecule has 0 saturated carbocycles. The molecule has 1 aromatic rings. The molecule has 1 unspecified atom stereocenters. The van der Waals surface area contributed by atoms with E-state index in [0.717, 1.165) is 57.6 Å². The van der Waals surface area contributed by atoms with Gasteiger partial charge < -0.3 is 24.6 Å². The molecule has 2 fully saturated rings. The molecule has 2 aliphatic rings. The number of aliphatic imine (C=N–C) groups is 1. The first-order valence-electron chi connectivity index (χ1n) is 10.7. The SMILES string of the molecule is CCN(CC)CCOc1ccccc1CNC(=NC)N1CCC2(CCOC2)C1. The summed E-state index contributed by atoms with van der Waals surface area (Å²) in [6.45, 7) is 12.7. The van der Waals surface area contributed by atoms with Crippen molar-refractivity contribution in [1.82, 2.24) is 15.1 Å². The fourth-order valence-electron chi connectivity index (χ4n) is 4.21. The summed E-state index contributed by atoms with van der Waals surface area (Å²) in [4.78, 5) is 9.27. The third kappa shape index (κ3) is 5.17. The summed E-state index contributed by atoms with van der Waals surface area (Å²) in [6.07, 6.45) is 2.36. The topological polar surface area (TPSA) is 49.3 Å².